The molecule has 0 aliphatic carbocycles. The quantitative estimate of drug-likeness (QED) is 0.847. The van der Waals surface area contributed by atoms with Crippen molar-refractivity contribution in [1.82, 2.24) is 10.2 Å². The third-order valence-corrected chi connectivity index (χ3v) is 4.10. The van der Waals surface area contributed by atoms with Gasteiger partial charge in [-0.05, 0) is 45.5 Å². The summed E-state index contributed by atoms with van der Waals surface area (Å²) in [6, 6.07) is 11.4. The van der Waals surface area contributed by atoms with E-state index in [1.165, 1.54) is 38.2 Å². The van der Waals surface area contributed by atoms with Crippen LogP contribution in [-0.4, -0.2) is 50.7 Å². The second-order valence-electron chi connectivity index (χ2n) is 5.50. The number of para-hydroxylation sites is 1. The van der Waals surface area contributed by atoms with Gasteiger partial charge in [0.05, 0.1) is 0 Å². The predicted molar refractivity (Wildman–Crippen MR) is 82.9 cm³/mol. The molecule has 1 fully saturated rings. The van der Waals surface area contributed by atoms with Crippen LogP contribution in [0.4, 0.5) is 5.69 Å². The van der Waals surface area contributed by atoms with Crippen LogP contribution in [-0.2, 0) is 0 Å². The Hall–Kier alpha value is -1.06. The van der Waals surface area contributed by atoms with Gasteiger partial charge in [0.1, 0.15) is 0 Å². The maximum absolute atomic E-state index is 3.30. The van der Waals surface area contributed by atoms with E-state index < -0.39 is 0 Å². The van der Waals surface area contributed by atoms with Gasteiger partial charge in [-0.1, -0.05) is 18.2 Å². The molecule has 0 radical (unpaired) electrons. The summed E-state index contributed by atoms with van der Waals surface area (Å²) in [6.07, 6.45) is 2.57. The van der Waals surface area contributed by atoms with Crippen molar-refractivity contribution in [3.8, 4) is 0 Å². The molecule has 0 bridgehead atoms. The maximum Gasteiger partial charge on any atom is 0.0367 e. The van der Waals surface area contributed by atoms with E-state index in [-0.39, 0.29) is 0 Å². The van der Waals surface area contributed by atoms with E-state index in [0.717, 1.165) is 13.1 Å². The molecular weight excluding hydrogens is 234 g/mol. The summed E-state index contributed by atoms with van der Waals surface area (Å²) in [5.74, 6) is 0. The zero-order valence-corrected chi connectivity index (χ0v) is 12.3. The van der Waals surface area contributed by atoms with Crippen molar-refractivity contribution >= 4 is 5.69 Å². The van der Waals surface area contributed by atoms with Crippen LogP contribution in [0.15, 0.2) is 30.3 Å². The lowest BCUT2D eigenvalue weighted by molar-refractivity contribution is 0.250. The van der Waals surface area contributed by atoms with E-state index in [0.29, 0.717) is 6.04 Å². The number of benzene rings is 1. The highest BCUT2D eigenvalue weighted by atomic mass is 15.3. The van der Waals surface area contributed by atoms with Crippen molar-refractivity contribution in [2.45, 2.75) is 25.8 Å². The molecule has 1 N–H and O–H groups in total. The van der Waals surface area contributed by atoms with Crippen LogP contribution in [0.5, 0.6) is 0 Å². The summed E-state index contributed by atoms with van der Waals surface area (Å²) in [7, 11) is 2.04. The topological polar surface area (TPSA) is 18.5 Å². The van der Waals surface area contributed by atoms with Gasteiger partial charge in [0.25, 0.3) is 0 Å². The lowest BCUT2D eigenvalue weighted by Gasteiger charge is -2.36. The number of nitrogens with zero attached hydrogens (tertiary/aromatic N) is 2. The molecule has 0 amide bonds. The van der Waals surface area contributed by atoms with Crippen LogP contribution in [0.2, 0.25) is 0 Å². The van der Waals surface area contributed by atoms with Crippen LogP contribution in [0.3, 0.4) is 0 Å². The summed E-state index contributed by atoms with van der Waals surface area (Å²) in [5.41, 5.74) is 1.37. The number of hydrogen-bond acceptors (Lipinski definition) is 3. The van der Waals surface area contributed by atoms with Gasteiger partial charge in [-0.3, -0.25) is 4.90 Å². The van der Waals surface area contributed by atoms with E-state index in [2.05, 4.69) is 52.4 Å². The van der Waals surface area contributed by atoms with Gasteiger partial charge in [-0.15, -0.1) is 0 Å². The Morgan fingerprint density at radius 3 is 2.42 bits per heavy atom. The highest BCUT2D eigenvalue weighted by Crippen LogP contribution is 2.15. The van der Waals surface area contributed by atoms with E-state index in [4.69, 9.17) is 0 Å². The molecule has 3 heteroatoms. The highest BCUT2D eigenvalue weighted by Gasteiger charge is 2.16. The number of hydrogen-bond donors (Lipinski definition) is 1. The third-order valence-electron chi connectivity index (χ3n) is 4.10. The highest BCUT2D eigenvalue weighted by molar-refractivity contribution is 5.46. The largest absolute Gasteiger partial charge is 0.369 e. The molecular formula is C16H27N3. The van der Waals surface area contributed by atoms with E-state index in [9.17, 15) is 0 Å². The molecule has 1 atom stereocenters. The van der Waals surface area contributed by atoms with Gasteiger partial charge < -0.3 is 10.2 Å². The fraction of sp³-hybridized carbons (Fsp3) is 0.625. The van der Waals surface area contributed by atoms with Crippen molar-refractivity contribution in [3.63, 3.8) is 0 Å². The minimum Gasteiger partial charge on any atom is -0.369 e. The minimum absolute atomic E-state index is 0.644. The minimum atomic E-state index is 0.644. The van der Waals surface area contributed by atoms with Crippen LogP contribution >= 0.6 is 0 Å². The molecule has 2 rings (SSSR count). The van der Waals surface area contributed by atoms with Crippen LogP contribution in [0.1, 0.15) is 19.8 Å². The van der Waals surface area contributed by atoms with Crippen molar-refractivity contribution in [2.75, 3.05) is 44.7 Å². The fourth-order valence-electron chi connectivity index (χ4n) is 2.63. The smallest absolute Gasteiger partial charge is 0.0367 e. The molecule has 0 aromatic heterocycles. The molecule has 3 nitrogen and oxygen atoms in total. The van der Waals surface area contributed by atoms with Gasteiger partial charge in [0.15, 0.2) is 0 Å². The first kappa shape index (κ1) is 14.4. The summed E-state index contributed by atoms with van der Waals surface area (Å²) in [4.78, 5) is 5.09. The van der Waals surface area contributed by atoms with Crippen molar-refractivity contribution in [3.05, 3.63) is 30.3 Å². The van der Waals surface area contributed by atoms with Crippen LogP contribution in [0, 0.1) is 0 Å². The summed E-state index contributed by atoms with van der Waals surface area (Å²) in [5, 5.41) is 3.30. The van der Waals surface area contributed by atoms with Crippen LogP contribution in [0.25, 0.3) is 0 Å². The summed E-state index contributed by atoms with van der Waals surface area (Å²) < 4.78 is 0. The Morgan fingerprint density at radius 2 is 1.79 bits per heavy atom. The molecule has 1 aromatic rings. The van der Waals surface area contributed by atoms with E-state index in [1.807, 2.05) is 7.05 Å². The Morgan fingerprint density at radius 1 is 1.11 bits per heavy atom. The molecule has 1 heterocycles. The Labute approximate surface area is 117 Å². The van der Waals surface area contributed by atoms with E-state index >= 15 is 0 Å². The normalized spacial score (nSPS) is 18.5. The van der Waals surface area contributed by atoms with Crippen molar-refractivity contribution in [1.29, 1.82) is 0 Å². The molecule has 1 aromatic carbocycles. The summed E-state index contributed by atoms with van der Waals surface area (Å²) in [6.45, 7) is 8.21. The maximum atomic E-state index is 3.30. The Kier molecular flexibility index (Phi) is 5.67. The van der Waals surface area contributed by atoms with Crippen molar-refractivity contribution in [2.24, 2.45) is 0 Å². The van der Waals surface area contributed by atoms with Crippen LogP contribution < -0.4 is 10.2 Å². The zero-order chi connectivity index (χ0) is 13.5. The average Bonchev–Trinajstić information content (AvgIpc) is 2.48. The monoisotopic (exact) mass is 261 g/mol. The standard InChI is InChI=1S/C16H27N3/c1-15(17-2)7-6-10-18-11-13-19(14-12-18)16-8-4-3-5-9-16/h3-5,8-9,15,17H,6-7,10-14H2,1-2H3. The summed E-state index contributed by atoms with van der Waals surface area (Å²) >= 11 is 0. The Balaban J connectivity index is 1.68. The molecule has 106 valence electrons. The molecule has 0 spiro atoms. The molecule has 1 saturated heterocycles. The van der Waals surface area contributed by atoms with Gasteiger partial charge in [0, 0.05) is 37.9 Å². The molecule has 19 heavy (non-hydrogen) atoms. The first-order valence-corrected chi connectivity index (χ1v) is 7.49. The number of anilines is 1. The molecule has 1 aliphatic heterocycles. The lowest BCUT2D eigenvalue weighted by Crippen LogP contribution is -2.46. The molecule has 1 aliphatic rings. The lowest BCUT2D eigenvalue weighted by atomic mass is 10.1. The first-order chi connectivity index (χ1) is 9.29. The predicted octanol–water partition coefficient (Wildman–Crippen LogP) is 2.20. The van der Waals surface area contributed by atoms with Gasteiger partial charge in [-0.2, -0.15) is 0 Å². The zero-order valence-electron chi connectivity index (χ0n) is 12.3. The second-order valence-corrected chi connectivity index (χ2v) is 5.50. The fourth-order valence-corrected chi connectivity index (χ4v) is 2.63. The first-order valence-electron chi connectivity index (χ1n) is 7.49. The number of nitrogens with one attached hydrogen (secondary N) is 1. The van der Waals surface area contributed by atoms with Crippen molar-refractivity contribution < 1.29 is 0 Å². The van der Waals surface area contributed by atoms with Gasteiger partial charge >= 0.3 is 0 Å². The van der Waals surface area contributed by atoms with Gasteiger partial charge in [-0.25, -0.2) is 0 Å². The molecule has 0 saturated carbocycles. The SMILES string of the molecule is CNC(C)CCCN1CCN(c2ccccc2)CC1. The average molecular weight is 261 g/mol. The number of rotatable bonds is 6. The molecule has 1 unspecified atom stereocenters. The third kappa shape index (κ3) is 4.51. The van der Waals surface area contributed by atoms with Gasteiger partial charge in [0.2, 0.25) is 0 Å². The number of piperazine rings is 1. The Bertz CT molecular complexity index is 344. The second kappa shape index (κ2) is 7.51. The van der Waals surface area contributed by atoms with E-state index in [1.54, 1.807) is 0 Å².